The summed E-state index contributed by atoms with van der Waals surface area (Å²) < 4.78 is 98.4. The number of rotatable bonds is 7. The highest BCUT2D eigenvalue weighted by Gasteiger charge is 2.37. The molecule has 10 aromatic carbocycles. The fourth-order valence-corrected chi connectivity index (χ4v) is 12.0. The first-order valence-electron chi connectivity index (χ1n) is 26.1. The maximum Gasteiger partial charge on any atom is 0.418 e. The Morgan fingerprint density at radius 2 is 0.500 bits per heavy atom. The van der Waals surface area contributed by atoms with Crippen molar-refractivity contribution in [3.8, 4) is 67.0 Å². The van der Waals surface area contributed by atoms with Gasteiger partial charge in [-0.1, -0.05) is 156 Å². The van der Waals surface area contributed by atoms with Gasteiger partial charge in [-0.15, -0.1) is 0 Å². The van der Waals surface area contributed by atoms with Crippen LogP contribution in [-0.2, 0) is 12.4 Å². The Labute approximate surface area is 449 Å². The molecule has 2 heterocycles. The van der Waals surface area contributed by atoms with E-state index >= 15 is 26.3 Å². The number of benzene rings is 10. The predicted octanol–water partition coefficient (Wildman–Crippen LogP) is 20.7. The predicted molar refractivity (Wildman–Crippen MR) is 310 cm³/mol. The second kappa shape index (κ2) is 18.5. The van der Waals surface area contributed by atoms with Crippen LogP contribution in [0.5, 0.6) is 0 Å². The highest BCUT2D eigenvalue weighted by molar-refractivity contribution is 6.13. The molecule has 12 aromatic rings. The molecular weight excluding hydrogens is 983 g/mol. The van der Waals surface area contributed by atoms with Crippen LogP contribution < -0.4 is 0 Å². The monoisotopic (exact) mass is 1040 g/mol. The molecule has 0 spiro atoms. The summed E-state index contributed by atoms with van der Waals surface area (Å²) in [6.07, 6.45) is -9.63. The summed E-state index contributed by atoms with van der Waals surface area (Å²) in [5.41, 5.74) is 16.4. The third-order valence-corrected chi connectivity index (χ3v) is 15.7. The highest BCUT2D eigenvalue weighted by atomic mass is 19.4. The van der Waals surface area contributed by atoms with Crippen molar-refractivity contribution in [3.63, 3.8) is 0 Å². The van der Waals surface area contributed by atoms with E-state index in [1.54, 1.807) is 9.13 Å². The molecular formula is C70H54F6N2. The van der Waals surface area contributed by atoms with Crippen molar-refractivity contribution >= 4 is 43.6 Å². The van der Waals surface area contributed by atoms with Crippen LogP contribution in [0.3, 0.4) is 0 Å². The zero-order valence-corrected chi connectivity index (χ0v) is 44.5. The van der Waals surface area contributed by atoms with E-state index in [0.717, 1.165) is 123 Å². The van der Waals surface area contributed by atoms with Gasteiger partial charge in [-0.05, 0) is 182 Å². The molecule has 0 N–H and O–H groups in total. The molecule has 8 heteroatoms. The minimum absolute atomic E-state index is 0.148. The fourth-order valence-electron chi connectivity index (χ4n) is 12.0. The van der Waals surface area contributed by atoms with E-state index in [0.29, 0.717) is 33.2 Å². The number of hydrogen-bond donors (Lipinski definition) is 0. The fraction of sp³-hybridized carbons (Fsp3) is 0.143. The second-order valence-corrected chi connectivity index (χ2v) is 21.3. The first kappa shape index (κ1) is 50.2. The van der Waals surface area contributed by atoms with Crippen LogP contribution in [-0.4, -0.2) is 9.13 Å². The zero-order chi connectivity index (χ0) is 54.7. The van der Waals surface area contributed by atoms with E-state index in [9.17, 15) is 0 Å². The SMILES string of the molecule is Cc1ccc(-c2ccc3c4ccc(-c5ccc(C)cc5C)cc4n(-c4cc(-c5ccc(C(F)(F)F)c(-n6c7cc(-c8ccc(C)cc8C)ccc7c7ccc(-c8ccc(C)cc8C)cc76)c5)ccc4C(F)(F)F)c3c2)c(C)c1. The lowest BCUT2D eigenvalue weighted by molar-refractivity contribution is -0.138. The topological polar surface area (TPSA) is 9.86 Å². The third kappa shape index (κ3) is 8.64. The Kier molecular flexibility index (Phi) is 11.9. The van der Waals surface area contributed by atoms with Crippen molar-refractivity contribution in [2.75, 3.05) is 0 Å². The Morgan fingerprint density at radius 1 is 0.256 bits per heavy atom. The molecule has 0 aliphatic heterocycles. The Balaban J connectivity index is 1.14. The Morgan fingerprint density at radius 3 is 0.731 bits per heavy atom. The zero-order valence-electron chi connectivity index (χ0n) is 44.5. The van der Waals surface area contributed by atoms with Gasteiger partial charge in [0.2, 0.25) is 0 Å². The van der Waals surface area contributed by atoms with Gasteiger partial charge in [-0.25, -0.2) is 0 Å². The number of alkyl halides is 6. The van der Waals surface area contributed by atoms with E-state index in [4.69, 9.17) is 0 Å². The standard InChI is InChI=1S/C70H54F6N2/c1-39-9-19-53(43(5)29-39)49-13-23-57-58-24-14-50(54-20-10-40(2)30-44(54)6)36-64(58)77(63(57)35-49)67-33-47(17-27-61(67)69(71,72)73)48-18-28-62(70(74,75)76)68(34-48)78-65-37-51(55-21-11-41(3)31-45(55)7)15-25-59(65)60-26-16-52(38-66(60)78)56-22-12-42(4)32-46(56)8/h9-38H,1-8H3. The maximum absolute atomic E-state index is 15.8. The Bertz CT molecular complexity index is 3940. The van der Waals surface area contributed by atoms with Gasteiger partial charge >= 0.3 is 12.4 Å². The Hall–Kier alpha value is -8.62. The van der Waals surface area contributed by atoms with Crippen LogP contribution >= 0.6 is 0 Å². The summed E-state index contributed by atoms with van der Waals surface area (Å²) >= 11 is 0. The van der Waals surface area contributed by atoms with Crippen molar-refractivity contribution < 1.29 is 26.3 Å². The van der Waals surface area contributed by atoms with E-state index in [1.807, 2.05) is 177 Å². The third-order valence-electron chi connectivity index (χ3n) is 15.7. The van der Waals surface area contributed by atoms with Gasteiger partial charge < -0.3 is 9.13 Å². The summed E-state index contributed by atoms with van der Waals surface area (Å²) in [5, 5.41) is 3.03. The van der Waals surface area contributed by atoms with Crippen LogP contribution in [0.2, 0.25) is 0 Å². The summed E-state index contributed by atoms with van der Waals surface area (Å²) in [7, 11) is 0. The molecule has 0 aliphatic carbocycles. The minimum Gasteiger partial charge on any atom is -0.309 e. The molecule has 0 atom stereocenters. The molecule has 0 fully saturated rings. The van der Waals surface area contributed by atoms with Crippen LogP contribution in [0.4, 0.5) is 26.3 Å². The van der Waals surface area contributed by atoms with Crippen LogP contribution in [0.25, 0.3) is 111 Å². The van der Waals surface area contributed by atoms with Gasteiger partial charge in [0.05, 0.1) is 44.6 Å². The molecule has 0 aliphatic rings. The van der Waals surface area contributed by atoms with Crippen molar-refractivity contribution in [2.24, 2.45) is 0 Å². The van der Waals surface area contributed by atoms with Crippen LogP contribution in [0.15, 0.2) is 182 Å². The number of nitrogens with zero attached hydrogens (tertiary/aromatic N) is 2. The van der Waals surface area contributed by atoms with Gasteiger partial charge in [0.1, 0.15) is 0 Å². The lowest BCUT2D eigenvalue weighted by Gasteiger charge is -2.20. The van der Waals surface area contributed by atoms with Crippen molar-refractivity contribution in [1.82, 2.24) is 9.13 Å². The molecule has 0 unspecified atom stereocenters. The average Bonchev–Trinajstić information content (AvgIpc) is 4.12. The number of hydrogen-bond acceptors (Lipinski definition) is 0. The molecule has 0 radical (unpaired) electrons. The number of halogens is 6. The molecule has 78 heavy (non-hydrogen) atoms. The van der Waals surface area contributed by atoms with E-state index in [-0.39, 0.29) is 11.4 Å². The smallest absolute Gasteiger partial charge is 0.309 e. The second-order valence-electron chi connectivity index (χ2n) is 21.3. The van der Waals surface area contributed by atoms with E-state index < -0.39 is 23.5 Å². The molecule has 0 amide bonds. The normalized spacial score (nSPS) is 12.2. The summed E-state index contributed by atoms with van der Waals surface area (Å²) in [4.78, 5) is 0. The van der Waals surface area contributed by atoms with Gasteiger partial charge in [0.15, 0.2) is 0 Å². The van der Waals surface area contributed by atoms with Crippen molar-refractivity contribution in [1.29, 1.82) is 0 Å². The first-order chi connectivity index (χ1) is 37.2. The minimum atomic E-state index is -4.82. The van der Waals surface area contributed by atoms with Gasteiger partial charge in [-0.3, -0.25) is 0 Å². The van der Waals surface area contributed by atoms with Gasteiger partial charge in [0, 0.05) is 21.5 Å². The number of aryl methyl sites for hydroxylation is 8. The van der Waals surface area contributed by atoms with Gasteiger partial charge in [0.25, 0.3) is 0 Å². The van der Waals surface area contributed by atoms with Gasteiger partial charge in [-0.2, -0.15) is 26.3 Å². The molecule has 386 valence electrons. The van der Waals surface area contributed by atoms with Crippen LogP contribution in [0, 0.1) is 55.4 Å². The molecule has 12 rings (SSSR count). The van der Waals surface area contributed by atoms with Crippen LogP contribution in [0.1, 0.15) is 55.6 Å². The lowest BCUT2D eigenvalue weighted by Crippen LogP contribution is -2.12. The number of aromatic nitrogens is 2. The number of fused-ring (bicyclic) bond motifs is 6. The molecule has 0 saturated heterocycles. The van der Waals surface area contributed by atoms with Crippen molar-refractivity contribution in [3.05, 3.63) is 238 Å². The first-order valence-corrected chi connectivity index (χ1v) is 26.1. The molecule has 2 aromatic heterocycles. The largest absolute Gasteiger partial charge is 0.418 e. The average molecular weight is 1040 g/mol. The molecule has 0 saturated carbocycles. The molecule has 2 nitrogen and oxygen atoms in total. The lowest BCUT2D eigenvalue weighted by atomic mass is 9.96. The maximum atomic E-state index is 15.8. The molecule has 0 bridgehead atoms. The highest BCUT2D eigenvalue weighted by Crippen LogP contribution is 2.46. The summed E-state index contributed by atoms with van der Waals surface area (Å²) in [5.74, 6) is 0. The van der Waals surface area contributed by atoms with E-state index in [1.165, 1.54) is 24.3 Å². The van der Waals surface area contributed by atoms with E-state index in [2.05, 4.69) is 24.3 Å². The summed E-state index contributed by atoms with van der Waals surface area (Å²) in [6, 6.07) is 56.2. The summed E-state index contributed by atoms with van der Waals surface area (Å²) in [6.45, 7) is 16.2. The van der Waals surface area contributed by atoms with Crippen molar-refractivity contribution in [2.45, 2.75) is 67.7 Å². The quantitative estimate of drug-likeness (QED) is 0.141.